The molecule has 0 fully saturated rings. The van der Waals surface area contributed by atoms with Crippen molar-refractivity contribution in [2.45, 2.75) is 32.9 Å². The second kappa shape index (κ2) is 7.27. The molecule has 0 radical (unpaired) electrons. The van der Waals surface area contributed by atoms with E-state index in [1.807, 2.05) is 37.3 Å². The van der Waals surface area contributed by atoms with Crippen LogP contribution in [0.1, 0.15) is 23.7 Å². The average molecular weight is 360 g/mol. The summed E-state index contributed by atoms with van der Waals surface area (Å²) in [5.41, 5.74) is 4.62. The SMILES string of the molecule is COc1ccccc1CNc1nc(C)cc(N2c3ccccc3CC2C)n1. The van der Waals surface area contributed by atoms with E-state index in [0.29, 0.717) is 18.5 Å². The standard InChI is InChI=1S/C22H24N4O/c1-15-12-21(26-16(2)13-17-8-4-6-10-19(17)26)25-22(24-15)23-14-18-9-5-7-11-20(18)27-3/h4-12,16H,13-14H2,1-3H3,(H,23,24,25). The summed E-state index contributed by atoms with van der Waals surface area (Å²) in [4.78, 5) is 11.7. The van der Waals surface area contributed by atoms with E-state index in [2.05, 4.69) is 46.4 Å². The molecule has 1 N–H and O–H groups in total. The molecule has 1 aromatic heterocycles. The van der Waals surface area contributed by atoms with Gasteiger partial charge in [-0.15, -0.1) is 0 Å². The fourth-order valence-electron chi connectivity index (χ4n) is 3.69. The summed E-state index contributed by atoms with van der Waals surface area (Å²) in [6.07, 6.45) is 1.03. The highest BCUT2D eigenvalue weighted by Gasteiger charge is 2.28. The lowest BCUT2D eigenvalue weighted by molar-refractivity contribution is 0.410. The highest BCUT2D eigenvalue weighted by molar-refractivity contribution is 5.69. The van der Waals surface area contributed by atoms with Crippen LogP contribution in [0.4, 0.5) is 17.5 Å². The van der Waals surface area contributed by atoms with Crippen molar-refractivity contribution >= 4 is 17.5 Å². The van der Waals surface area contributed by atoms with Crippen LogP contribution < -0.4 is 15.0 Å². The van der Waals surface area contributed by atoms with Crippen LogP contribution in [-0.4, -0.2) is 23.1 Å². The molecule has 0 saturated carbocycles. The highest BCUT2D eigenvalue weighted by atomic mass is 16.5. The molecule has 0 amide bonds. The predicted molar refractivity (Wildman–Crippen MR) is 109 cm³/mol. The number of nitrogens with one attached hydrogen (secondary N) is 1. The predicted octanol–water partition coefficient (Wildman–Crippen LogP) is 4.49. The molecule has 1 unspecified atom stereocenters. The number of hydrogen-bond donors (Lipinski definition) is 1. The molecular weight excluding hydrogens is 336 g/mol. The molecule has 5 nitrogen and oxygen atoms in total. The van der Waals surface area contributed by atoms with Gasteiger partial charge >= 0.3 is 0 Å². The molecule has 2 aromatic carbocycles. The summed E-state index contributed by atoms with van der Waals surface area (Å²) >= 11 is 0. The van der Waals surface area contributed by atoms with E-state index in [1.165, 1.54) is 11.3 Å². The Hall–Kier alpha value is -3.08. The van der Waals surface area contributed by atoms with Gasteiger partial charge in [0.25, 0.3) is 0 Å². The van der Waals surface area contributed by atoms with Crippen molar-refractivity contribution in [1.29, 1.82) is 0 Å². The van der Waals surface area contributed by atoms with Crippen molar-refractivity contribution in [2.75, 3.05) is 17.3 Å². The lowest BCUT2D eigenvalue weighted by atomic mass is 10.1. The van der Waals surface area contributed by atoms with Crippen LogP contribution in [0, 0.1) is 6.92 Å². The lowest BCUT2D eigenvalue weighted by Gasteiger charge is -2.24. The van der Waals surface area contributed by atoms with Crippen molar-refractivity contribution in [1.82, 2.24) is 9.97 Å². The van der Waals surface area contributed by atoms with Crippen molar-refractivity contribution < 1.29 is 4.74 Å². The van der Waals surface area contributed by atoms with E-state index in [9.17, 15) is 0 Å². The minimum absolute atomic E-state index is 0.374. The first-order chi connectivity index (χ1) is 13.2. The zero-order valence-corrected chi connectivity index (χ0v) is 15.9. The Labute approximate surface area is 160 Å². The van der Waals surface area contributed by atoms with Crippen LogP contribution >= 0.6 is 0 Å². The van der Waals surface area contributed by atoms with Crippen LogP contribution in [0.15, 0.2) is 54.6 Å². The molecule has 138 valence electrons. The lowest BCUT2D eigenvalue weighted by Crippen LogP contribution is -2.25. The second-order valence-corrected chi connectivity index (χ2v) is 6.91. The fraction of sp³-hybridized carbons (Fsp3) is 0.273. The number of ether oxygens (including phenoxy) is 1. The van der Waals surface area contributed by atoms with Crippen molar-refractivity contribution in [2.24, 2.45) is 0 Å². The van der Waals surface area contributed by atoms with Crippen LogP contribution in [0.25, 0.3) is 0 Å². The molecule has 0 aliphatic carbocycles. The minimum atomic E-state index is 0.374. The van der Waals surface area contributed by atoms with Crippen molar-refractivity contribution in [3.05, 3.63) is 71.4 Å². The smallest absolute Gasteiger partial charge is 0.225 e. The van der Waals surface area contributed by atoms with E-state index >= 15 is 0 Å². The van der Waals surface area contributed by atoms with Crippen molar-refractivity contribution in [3.8, 4) is 5.75 Å². The summed E-state index contributed by atoms with van der Waals surface area (Å²) in [6.45, 7) is 4.85. The number of anilines is 3. The molecule has 1 aliphatic rings. The van der Waals surface area contributed by atoms with Gasteiger partial charge in [-0.2, -0.15) is 4.98 Å². The number of benzene rings is 2. The first-order valence-electron chi connectivity index (χ1n) is 9.24. The number of hydrogen-bond acceptors (Lipinski definition) is 5. The van der Waals surface area contributed by atoms with E-state index in [0.717, 1.165) is 29.2 Å². The third-order valence-electron chi connectivity index (χ3n) is 4.92. The summed E-state index contributed by atoms with van der Waals surface area (Å²) in [7, 11) is 1.69. The zero-order chi connectivity index (χ0) is 18.8. The number of aryl methyl sites for hydroxylation is 1. The third kappa shape index (κ3) is 3.45. The number of nitrogens with zero attached hydrogens (tertiary/aromatic N) is 3. The molecule has 0 spiro atoms. The first-order valence-corrected chi connectivity index (χ1v) is 9.24. The Morgan fingerprint density at radius 2 is 1.89 bits per heavy atom. The Morgan fingerprint density at radius 1 is 1.11 bits per heavy atom. The van der Waals surface area contributed by atoms with E-state index in [-0.39, 0.29) is 0 Å². The van der Waals surface area contributed by atoms with Crippen LogP contribution in [0.3, 0.4) is 0 Å². The topological polar surface area (TPSA) is 50.3 Å². The van der Waals surface area contributed by atoms with Gasteiger partial charge in [0.15, 0.2) is 0 Å². The maximum Gasteiger partial charge on any atom is 0.225 e. The Bertz CT molecular complexity index is 957. The molecule has 3 aromatic rings. The minimum Gasteiger partial charge on any atom is -0.496 e. The quantitative estimate of drug-likeness (QED) is 0.726. The number of fused-ring (bicyclic) bond motifs is 1. The molecule has 0 saturated heterocycles. The molecule has 5 heteroatoms. The number of aromatic nitrogens is 2. The number of para-hydroxylation sites is 2. The largest absolute Gasteiger partial charge is 0.496 e. The monoisotopic (exact) mass is 360 g/mol. The van der Waals surface area contributed by atoms with Gasteiger partial charge in [-0.3, -0.25) is 0 Å². The van der Waals surface area contributed by atoms with Gasteiger partial charge in [-0.1, -0.05) is 36.4 Å². The van der Waals surface area contributed by atoms with E-state index in [1.54, 1.807) is 7.11 Å². The highest BCUT2D eigenvalue weighted by Crippen LogP contribution is 2.37. The summed E-state index contributed by atoms with van der Waals surface area (Å²) in [6, 6.07) is 18.9. The van der Waals surface area contributed by atoms with E-state index in [4.69, 9.17) is 9.72 Å². The number of rotatable bonds is 5. The molecule has 0 bridgehead atoms. The summed E-state index contributed by atoms with van der Waals surface area (Å²) < 4.78 is 5.43. The average Bonchev–Trinajstić information content (AvgIpc) is 3.02. The Kier molecular flexibility index (Phi) is 4.67. The molecule has 1 aliphatic heterocycles. The third-order valence-corrected chi connectivity index (χ3v) is 4.92. The molecule has 4 rings (SSSR count). The summed E-state index contributed by atoms with van der Waals surface area (Å²) in [5.74, 6) is 2.43. The summed E-state index contributed by atoms with van der Waals surface area (Å²) in [5, 5.41) is 3.35. The van der Waals surface area contributed by atoms with Crippen LogP contribution in [-0.2, 0) is 13.0 Å². The first kappa shape index (κ1) is 17.3. The molecule has 1 atom stereocenters. The van der Waals surface area contributed by atoms with E-state index < -0.39 is 0 Å². The maximum absolute atomic E-state index is 5.43. The second-order valence-electron chi connectivity index (χ2n) is 6.91. The van der Waals surface area contributed by atoms with Gasteiger partial charge in [-0.25, -0.2) is 4.98 Å². The maximum atomic E-state index is 5.43. The van der Waals surface area contributed by atoms with Crippen LogP contribution in [0.2, 0.25) is 0 Å². The molecule has 27 heavy (non-hydrogen) atoms. The van der Waals surface area contributed by atoms with Gasteiger partial charge in [0.05, 0.1) is 7.11 Å². The van der Waals surface area contributed by atoms with Gasteiger partial charge in [0.2, 0.25) is 5.95 Å². The zero-order valence-electron chi connectivity index (χ0n) is 15.9. The van der Waals surface area contributed by atoms with Gasteiger partial charge in [-0.05, 0) is 38.0 Å². The number of methoxy groups -OCH3 is 1. The van der Waals surface area contributed by atoms with Gasteiger partial charge in [0, 0.05) is 35.6 Å². The van der Waals surface area contributed by atoms with Crippen molar-refractivity contribution in [3.63, 3.8) is 0 Å². The Morgan fingerprint density at radius 3 is 2.74 bits per heavy atom. The molecule has 2 heterocycles. The fourth-order valence-corrected chi connectivity index (χ4v) is 3.69. The molecular formula is C22H24N4O. The van der Waals surface area contributed by atoms with Gasteiger partial charge in [0.1, 0.15) is 11.6 Å². The van der Waals surface area contributed by atoms with Crippen LogP contribution in [0.5, 0.6) is 5.75 Å². The Balaban J connectivity index is 1.61. The normalized spacial score (nSPS) is 15.5. The van der Waals surface area contributed by atoms with Gasteiger partial charge < -0.3 is 15.0 Å².